The second-order valence-corrected chi connectivity index (χ2v) is 12.0. The lowest BCUT2D eigenvalue weighted by atomic mass is 9.95. The highest BCUT2D eigenvalue weighted by Crippen LogP contribution is 2.44. The number of aromatic nitrogens is 1. The second-order valence-electron chi connectivity index (χ2n) is 12.0. The third kappa shape index (κ3) is 4.90. The Morgan fingerprint density at radius 3 is 1.79 bits per heavy atom. The molecule has 0 saturated carbocycles. The lowest BCUT2D eigenvalue weighted by molar-refractivity contribution is 0.654. The number of furan rings is 1. The average molecular weight is 615 g/mol. The van der Waals surface area contributed by atoms with E-state index in [0.717, 1.165) is 55.3 Å². The van der Waals surface area contributed by atoms with Crippen LogP contribution in [0.25, 0.3) is 66.2 Å². The predicted molar refractivity (Wildman–Crippen MR) is 200 cm³/mol. The van der Waals surface area contributed by atoms with Crippen molar-refractivity contribution in [2.75, 3.05) is 4.90 Å². The van der Waals surface area contributed by atoms with Crippen LogP contribution in [0.1, 0.15) is 0 Å². The quantitative estimate of drug-likeness (QED) is 0.187. The number of anilines is 3. The average Bonchev–Trinajstić information content (AvgIpc) is 3.56. The van der Waals surface area contributed by atoms with Crippen molar-refractivity contribution < 1.29 is 4.42 Å². The minimum atomic E-state index is 0.662. The Bertz CT molecular complexity index is 2540. The molecule has 0 atom stereocenters. The van der Waals surface area contributed by atoms with Gasteiger partial charge in [0.15, 0.2) is 0 Å². The Morgan fingerprint density at radius 2 is 1.06 bits per heavy atom. The van der Waals surface area contributed by atoms with Gasteiger partial charge in [-0.3, -0.25) is 0 Å². The van der Waals surface area contributed by atoms with Gasteiger partial charge in [-0.05, 0) is 93.2 Å². The van der Waals surface area contributed by atoms with Gasteiger partial charge in [0.25, 0.3) is 0 Å². The van der Waals surface area contributed by atoms with Gasteiger partial charge < -0.3 is 9.32 Å². The Hall–Kier alpha value is -6.45. The lowest BCUT2D eigenvalue weighted by Crippen LogP contribution is -2.11. The van der Waals surface area contributed by atoms with Gasteiger partial charge in [0.2, 0.25) is 5.71 Å². The van der Waals surface area contributed by atoms with Gasteiger partial charge in [-0.2, -0.15) is 0 Å². The van der Waals surface area contributed by atoms with E-state index in [-0.39, 0.29) is 0 Å². The Morgan fingerprint density at radius 1 is 0.438 bits per heavy atom. The molecule has 9 aromatic rings. The first-order chi connectivity index (χ1) is 23.8. The summed E-state index contributed by atoms with van der Waals surface area (Å²) in [5, 5.41) is 4.41. The molecule has 0 radical (unpaired) electrons. The summed E-state index contributed by atoms with van der Waals surface area (Å²) in [4.78, 5) is 6.85. The van der Waals surface area contributed by atoms with Crippen LogP contribution in [-0.4, -0.2) is 4.98 Å². The van der Waals surface area contributed by atoms with Crippen LogP contribution >= 0.6 is 0 Å². The summed E-state index contributed by atoms with van der Waals surface area (Å²) in [5.74, 6) is 0. The van der Waals surface area contributed by atoms with E-state index in [2.05, 4.69) is 180 Å². The zero-order chi connectivity index (χ0) is 31.9. The molecule has 0 bridgehead atoms. The van der Waals surface area contributed by atoms with E-state index < -0.39 is 0 Å². The summed E-state index contributed by atoms with van der Waals surface area (Å²) in [6.45, 7) is 0. The van der Waals surface area contributed by atoms with Crippen LogP contribution in [0.3, 0.4) is 0 Å². The molecular weight excluding hydrogens is 585 g/mol. The number of nitrogens with zero attached hydrogens (tertiary/aromatic N) is 2. The molecule has 0 N–H and O–H groups in total. The maximum atomic E-state index is 6.12. The van der Waals surface area contributed by atoms with E-state index in [0.29, 0.717) is 5.71 Å². The molecule has 0 aliphatic rings. The van der Waals surface area contributed by atoms with Crippen molar-refractivity contribution in [3.05, 3.63) is 182 Å². The number of rotatable bonds is 6. The minimum absolute atomic E-state index is 0.662. The maximum Gasteiger partial charge on any atom is 0.227 e. The van der Waals surface area contributed by atoms with Crippen LogP contribution in [0, 0.1) is 0 Å². The molecule has 0 aliphatic heterocycles. The normalized spacial score (nSPS) is 11.3. The molecule has 0 fully saturated rings. The van der Waals surface area contributed by atoms with Gasteiger partial charge >= 0.3 is 0 Å². The summed E-state index contributed by atoms with van der Waals surface area (Å²) in [5.41, 5.74) is 11.8. The highest BCUT2D eigenvalue weighted by Gasteiger charge is 2.20. The van der Waals surface area contributed by atoms with Crippen molar-refractivity contribution in [1.82, 2.24) is 4.98 Å². The summed E-state index contributed by atoms with van der Waals surface area (Å²) >= 11 is 0. The molecule has 0 saturated heterocycles. The molecule has 2 aromatic heterocycles. The van der Waals surface area contributed by atoms with Gasteiger partial charge in [0.05, 0.1) is 5.69 Å². The number of pyridine rings is 1. The third-order valence-electron chi connectivity index (χ3n) is 9.13. The number of hydrogen-bond acceptors (Lipinski definition) is 3. The molecular formula is C45H30N2O. The fourth-order valence-electron chi connectivity index (χ4n) is 6.82. The molecule has 0 unspecified atom stereocenters. The standard InChI is InChI=1S/C45H30N2O/c1-4-11-31(12-5-1)33-18-22-37(23-19-33)47(38-24-25-39-36(29-38)21-27-43-44(39)40-17-10-28-46-45(40)48-43)42-26-20-35(32-13-6-2-7-14-32)30-41(42)34-15-8-3-9-16-34/h1-30H. The zero-order valence-corrected chi connectivity index (χ0v) is 26.1. The van der Waals surface area contributed by atoms with E-state index in [1.54, 1.807) is 6.20 Å². The van der Waals surface area contributed by atoms with Crippen LogP contribution in [0.15, 0.2) is 187 Å². The van der Waals surface area contributed by atoms with Crippen LogP contribution < -0.4 is 4.90 Å². The van der Waals surface area contributed by atoms with E-state index >= 15 is 0 Å². The molecule has 0 spiro atoms. The molecule has 9 rings (SSSR count). The number of fused-ring (bicyclic) bond motifs is 5. The Balaban J connectivity index is 1.26. The summed E-state index contributed by atoms with van der Waals surface area (Å²) in [6.07, 6.45) is 1.78. The molecule has 2 heterocycles. The van der Waals surface area contributed by atoms with Crippen molar-refractivity contribution in [2.45, 2.75) is 0 Å². The van der Waals surface area contributed by atoms with E-state index in [4.69, 9.17) is 4.42 Å². The van der Waals surface area contributed by atoms with Crippen LogP contribution in [0.4, 0.5) is 17.1 Å². The SMILES string of the molecule is c1ccc(-c2ccc(N(c3ccc4c(ccc5oc6ncccc6c54)c3)c3ccc(-c4ccccc4)cc3-c3ccccc3)cc2)cc1. The molecule has 0 aliphatic carbocycles. The molecule has 3 nitrogen and oxygen atoms in total. The van der Waals surface area contributed by atoms with Crippen molar-refractivity contribution in [2.24, 2.45) is 0 Å². The Kier molecular flexibility index (Phi) is 6.80. The van der Waals surface area contributed by atoms with E-state index in [1.807, 2.05) is 6.07 Å². The first-order valence-corrected chi connectivity index (χ1v) is 16.2. The predicted octanol–water partition coefficient (Wildman–Crippen LogP) is 12.6. The minimum Gasteiger partial charge on any atom is -0.438 e. The van der Waals surface area contributed by atoms with Crippen molar-refractivity contribution in [3.8, 4) is 33.4 Å². The first-order valence-electron chi connectivity index (χ1n) is 16.2. The summed E-state index contributed by atoms with van der Waals surface area (Å²) in [6, 6.07) is 62.5. The first kappa shape index (κ1) is 27.8. The van der Waals surface area contributed by atoms with E-state index in [9.17, 15) is 0 Å². The molecule has 0 amide bonds. The highest BCUT2D eigenvalue weighted by atomic mass is 16.3. The molecule has 7 aromatic carbocycles. The van der Waals surface area contributed by atoms with Crippen molar-refractivity contribution >= 4 is 49.9 Å². The van der Waals surface area contributed by atoms with Gasteiger partial charge in [-0.15, -0.1) is 0 Å². The second kappa shape index (κ2) is 11.7. The highest BCUT2D eigenvalue weighted by molar-refractivity contribution is 6.18. The number of hydrogen-bond donors (Lipinski definition) is 0. The zero-order valence-electron chi connectivity index (χ0n) is 26.1. The third-order valence-corrected chi connectivity index (χ3v) is 9.13. The fraction of sp³-hybridized carbons (Fsp3) is 0. The van der Waals surface area contributed by atoms with Gasteiger partial charge in [0, 0.05) is 33.9 Å². The monoisotopic (exact) mass is 614 g/mol. The topological polar surface area (TPSA) is 29.3 Å². The van der Waals surface area contributed by atoms with Gasteiger partial charge in [-0.1, -0.05) is 121 Å². The largest absolute Gasteiger partial charge is 0.438 e. The van der Waals surface area contributed by atoms with Crippen LogP contribution in [-0.2, 0) is 0 Å². The fourth-order valence-corrected chi connectivity index (χ4v) is 6.82. The molecule has 226 valence electrons. The lowest BCUT2D eigenvalue weighted by Gasteiger charge is -2.29. The van der Waals surface area contributed by atoms with Crippen LogP contribution in [0.2, 0.25) is 0 Å². The van der Waals surface area contributed by atoms with Crippen molar-refractivity contribution in [3.63, 3.8) is 0 Å². The van der Waals surface area contributed by atoms with E-state index in [1.165, 1.54) is 22.3 Å². The maximum absolute atomic E-state index is 6.12. The van der Waals surface area contributed by atoms with Crippen LogP contribution in [0.5, 0.6) is 0 Å². The van der Waals surface area contributed by atoms with Gasteiger partial charge in [-0.25, -0.2) is 4.98 Å². The molecule has 48 heavy (non-hydrogen) atoms. The Labute approximate surface area is 279 Å². The van der Waals surface area contributed by atoms with Gasteiger partial charge in [0.1, 0.15) is 5.58 Å². The number of benzene rings is 7. The molecule has 3 heteroatoms. The summed E-state index contributed by atoms with van der Waals surface area (Å²) < 4.78 is 6.12. The summed E-state index contributed by atoms with van der Waals surface area (Å²) in [7, 11) is 0. The smallest absolute Gasteiger partial charge is 0.227 e. The van der Waals surface area contributed by atoms with Crippen molar-refractivity contribution in [1.29, 1.82) is 0 Å².